The minimum absolute atomic E-state index is 0.330. The van der Waals surface area contributed by atoms with E-state index in [2.05, 4.69) is 23.8 Å². The van der Waals surface area contributed by atoms with E-state index in [0.717, 1.165) is 38.7 Å². The van der Waals surface area contributed by atoms with Gasteiger partial charge in [0.15, 0.2) is 0 Å². The van der Waals surface area contributed by atoms with Crippen LogP contribution in [-0.4, -0.2) is 49.1 Å². The summed E-state index contributed by atoms with van der Waals surface area (Å²) in [5.41, 5.74) is 6.63. The van der Waals surface area contributed by atoms with Gasteiger partial charge in [0.05, 0.1) is 0 Å². The number of nitrogens with zero attached hydrogens (tertiary/aromatic N) is 2. The molecule has 0 saturated carbocycles. The van der Waals surface area contributed by atoms with Gasteiger partial charge in [0.1, 0.15) is 11.6 Å². The van der Waals surface area contributed by atoms with Gasteiger partial charge in [-0.1, -0.05) is 0 Å². The predicted octanol–water partition coefficient (Wildman–Crippen LogP) is 2.38. The molecule has 21 heavy (non-hydrogen) atoms. The molecule has 0 amide bonds. The molecule has 1 aliphatic rings. The van der Waals surface area contributed by atoms with Gasteiger partial charge >= 0.3 is 0 Å². The molecule has 2 unspecified atom stereocenters. The molecule has 0 spiro atoms. The maximum Gasteiger partial charge on any atom is 0.126 e. The number of benzene rings is 1. The van der Waals surface area contributed by atoms with Gasteiger partial charge in [-0.25, -0.2) is 8.78 Å². The highest BCUT2D eigenvalue weighted by molar-refractivity contribution is 5.21. The van der Waals surface area contributed by atoms with Crippen LogP contribution in [0.25, 0.3) is 0 Å². The van der Waals surface area contributed by atoms with Crippen LogP contribution in [-0.2, 0) is 0 Å². The third-order valence-electron chi connectivity index (χ3n) is 4.22. The summed E-state index contributed by atoms with van der Waals surface area (Å²) in [6, 6.07) is 3.68. The minimum Gasteiger partial charge on any atom is -0.324 e. The quantitative estimate of drug-likeness (QED) is 0.926. The van der Waals surface area contributed by atoms with Crippen molar-refractivity contribution in [3.8, 4) is 0 Å². The predicted molar refractivity (Wildman–Crippen MR) is 81.1 cm³/mol. The lowest BCUT2D eigenvalue weighted by Gasteiger charge is -2.28. The molecule has 5 heteroatoms. The van der Waals surface area contributed by atoms with Crippen LogP contribution < -0.4 is 5.73 Å². The van der Waals surface area contributed by atoms with E-state index < -0.39 is 11.6 Å². The molecule has 1 aliphatic heterocycles. The van der Waals surface area contributed by atoms with Crippen LogP contribution in [0.2, 0.25) is 0 Å². The molecule has 118 valence electrons. The number of likely N-dealkylation sites (N-methyl/N-ethyl adjacent to an activating group) is 1. The molecule has 0 aliphatic carbocycles. The number of hydrogen-bond donors (Lipinski definition) is 1. The summed E-state index contributed by atoms with van der Waals surface area (Å²) in [7, 11) is 2.14. The molecule has 1 fully saturated rings. The molecule has 3 nitrogen and oxygen atoms in total. The molecular formula is C16H25F2N3. The van der Waals surface area contributed by atoms with Crippen LogP contribution in [0.3, 0.4) is 0 Å². The Morgan fingerprint density at radius 1 is 1.24 bits per heavy atom. The molecule has 1 saturated heterocycles. The Kier molecular flexibility index (Phi) is 5.67. The highest BCUT2D eigenvalue weighted by Crippen LogP contribution is 2.19. The van der Waals surface area contributed by atoms with E-state index >= 15 is 0 Å². The maximum absolute atomic E-state index is 13.2. The standard InChI is InChI=1S/C16H25F2N3/c1-12-11-20(2)5-3-6-21(12)7-4-16(19)13-8-14(17)10-15(18)9-13/h8-10,12,16H,3-7,11,19H2,1-2H3. The van der Waals surface area contributed by atoms with Gasteiger partial charge in [-0.05, 0) is 57.6 Å². The minimum atomic E-state index is -0.565. The number of halogens is 2. The highest BCUT2D eigenvalue weighted by Gasteiger charge is 2.20. The third kappa shape index (κ3) is 4.73. The molecule has 1 aromatic rings. The second kappa shape index (κ2) is 7.29. The first-order valence-corrected chi connectivity index (χ1v) is 7.60. The molecule has 0 aromatic heterocycles. The zero-order chi connectivity index (χ0) is 15.4. The van der Waals surface area contributed by atoms with E-state index in [0.29, 0.717) is 18.0 Å². The average molecular weight is 297 g/mol. The SMILES string of the molecule is CC1CN(C)CCCN1CCC(N)c1cc(F)cc(F)c1. The molecule has 2 rings (SSSR count). The normalized spacial score (nSPS) is 23.0. The fourth-order valence-electron chi connectivity index (χ4n) is 3.01. The lowest BCUT2D eigenvalue weighted by Crippen LogP contribution is -2.39. The Labute approximate surface area is 125 Å². The fraction of sp³-hybridized carbons (Fsp3) is 0.625. The lowest BCUT2D eigenvalue weighted by molar-refractivity contribution is 0.196. The van der Waals surface area contributed by atoms with E-state index in [4.69, 9.17) is 5.73 Å². The van der Waals surface area contributed by atoms with Crippen LogP contribution in [0.1, 0.15) is 31.4 Å². The average Bonchev–Trinajstić information content (AvgIpc) is 2.55. The molecule has 1 heterocycles. The Hall–Kier alpha value is -1.04. The second-order valence-corrected chi connectivity index (χ2v) is 6.10. The second-order valence-electron chi connectivity index (χ2n) is 6.10. The van der Waals surface area contributed by atoms with Gasteiger partial charge < -0.3 is 10.6 Å². The van der Waals surface area contributed by atoms with Gasteiger partial charge in [-0.3, -0.25) is 4.90 Å². The first-order chi connectivity index (χ1) is 9.95. The summed E-state index contributed by atoms with van der Waals surface area (Å²) in [6.45, 7) is 6.28. The summed E-state index contributed by atoms with van der Waals surface area (Å²) < 4.78 is 26.5. The maximum atomic E-state index is 13.2. The Morgan fingerprint density at radius 3 is 2.57 bits per heavy atom. The largest absolute Gasteiger partial charge is 0.324 e. The number of hydrogen-bond acceptors (Lipinski definition) is 3. The van der Waals surface area contributed by atoms with Crippen molar-refractivity contribution in [2.75, 3.05) is 33.2 Å². The highest BCUT2D eigenvalue weighted by atomic mass is 19.1. The van der Waals surface area contributed by atoms with Crippen molar-refractivity contribution in [3.63, 3.8) is 0 Å². The number of nitrogens with two attached hydrogens (primary N) is 1. The summed E-state index contributed by atoms with van der Waals surface area (Å²) in [6.07, 6.45) is 1.85. The summed E-state index contributed by atoms with van der Waals surface area (Å²) in [5.74, 6) is -1.13. The first-order valence-electron chi connectivity index (χ1n) is 7.60. The lowest BCUT2D eigenvalue weighted by atomic mass is 10.0. The van der Waals surface area contributed by atoms with Crippen molar-refractivity contribution in [1.82, 2.24) is 9.80 Å². The van der Waals surface area contributed by atoms with Crippen LogP contribution in [0.5, 0.6) is 0 Å². The fourth-order valence-corrected chi connectivity index (χ4v) is 3.01. The van der Waals surface area contributed by atoms with Gasteiger partial charge in [-0.2, -0.15) is 0 Å². The monoisotopic (exact) mass is 297 g/mol. The van der Waals surface area contributed by atoms with E-state index in [1.54, 1.807) is 0 Å². The van der Waals surface area contributed by atoms with Crippen LogP contribution in [0.15, 0.2) is 18.2 Å². The van der Waals surface area contributed by atoms with Gasteiger partial charge in [0.2, 0.25) is 0 Å². The Bertz CT molecular complexity index is 447. The van der Waals surface area contributed by atoms with Gasteiger partial charge in [0.25, 0.3) is 0 Å². The topological polar surface area (TPSA) is 32.5 Å². The summed E-state index contributed by atoms with van der Waals surface area (Å²) in [4.78, 5) is 4.76. The Balaban J connectivity index is 1.92. The van der Waals surface area contributed by atoms with Crippen molar-refractivity contribution >= 4 is 0 Å². The summed E-state index contributed by atoms with van der Waals surface area (Å²) in [5, 5.41) is 0. The molecule has 1 aromatic carbocycles. The van der Waals surface area contributed by atoms with Gasteiger partial charge in [0, 0.05) is 31.2 Å². The van der Waals surface area contributed by atoms with Gasteiger partial charge in [-0.15, -0.1) is 0 Å². The van der Waals surface area contributed by atoms with Crippen LogP contribution in [0.4, 0.5) is 8.78 Å². The molecule has 2 N–H and O–H groups in total. The van der Waals surface area contributed by atoms with E-state index in [9.17, 15) is 8.78 Å². The zero-order valence-corrected chi connectivity index (χ0v) is 12.9. The van der Waals surface area contributed by atoms with Crippen LogP contribution >= 0.6 is 0 Å². The molecule has 0 radical (unpaired) electrons. The van der Waals surface area contributed by atoms with Crippen molar-refractivity contribution < 1.29 is 8.78 Å². The van der Waals surface area contributed by atoms with Crippen molar-refractivity contribution in [3.05, 3.63) is 35.4 Å². The van der Waals surface area contributed by atoms with E-state index in [-0.39, 0.29) is 6.04 Å². The summed E-state index contributed by atoms with van der Waals surface area (Å²) >= 11 is 0. The zero-order valence-electron chi connectivity index (χ0n) is 12.9. The van der Waals surface area contributed by atoms with Crippen molar-refractivity contribution in [1.29, 1.82) is 0 Å². The van der Waals surface area contributed by atoms with E-state index in [1.165, 1.54) is 12.1 Å². The van der Waals surface area contributed by atoms with Crippen molar-refractivity contribution in [2.24, 2.45) is 5.73 Å². The number of rotatable bonds is 4. The first kappa shape index (κ1) is 16.3. The molecule has 2 atom stereocenters. The molecular weight excluding hydrogens is 272 g/mol. The van der Waals surface area contributed by atoms with Crippen LogP contribution in [0, 0.1) is 11.6 Å². The third-order valence-corrected chi connectivity index (χ3v) is 4.22. The van der Waals surface area contributed by atoms with E-state index in [1.807, 2.05) is 0 Å². The van der Waals surface area contributed by atoms with Crippen molar-refractivity contribution in [2.45, 2.75) is 31.8 Å². The smallest absolute Gasteiger partial charge is 0.126 e. The molecule has 0 bridgehead atoms. The Morgan fingerprint density at radius 2 is 1.90 bits per heavy atom.